The lowest BCUT2D eigenvalue weighted by atomic mass is 10.2. The molecule has 0 aliphatic rings. The van der Waals surface area contributed by atoms with Gasteiger partial charge in [-0.05, 0) is 11.6 Å². The van der Waals surface area contributed by atoms with Crippen molar-refractivity contribution in [3.8, 4) is 0 Å². The third-order valence-corrected chi connectivity index (χ3v) is 1.86. The van der Waals surface area contributed by atoms with Gasteiger partial charge in [0.15, 0.2) is 0 Å². The molecule has 5 heteroatoms. The number of hydrogen-bond acceptors (Lipinski definition) is 3. The lowest BCUT2D eigenvalue weighted by Gasteiger charge is -2.03. The monoisotopic (exact) mass is 220 g/mol. The van der Waals surface area contributed by atoms with Crippen molar-refractivity contribution < 1.29 is 14.7 Å². The minimum Gasteiger partial charge on any atom is -0.477 e. The highest BCUT2D eigenvalue weighted by Gasteiger charge is 2.04. The molecule has 0 unspecified atom stereocenters. The third kappa shape index (κ3) is 3.53. The van der Waals surface area contributed by atoms with Crippen LogP contribution < -0.4 is 5.32 Å². The average molecular weight is 220 g/mol. The second kappa shape index (κ2) is 5.65. The molecular formula is C11H12N2O3. The van der Waals surface area contributed by atoms with Gasteiger partial charge in [-0.1, -0.05) is 12.1 Å². The van der Waals surface area contributed by atoms with Crippen molar-refractivity contribution in [1.82, 2.24) is 10.3 Å². The summed E-state index contributed by atoms with van der Waals surface area (Å²) < 4.78 is 0. The number of hydrogen-bond donors (Lipinski definition) is 2. The van der Waals surface area contributed by atoms with Crippen LogP contribution >= 0.6 is 0 Å². The molecule has 1 amide bonds. The van der Waals surface area contributed by atoms with Crippen molar-refractivity contribution in [3.63, 3.8) is 0 Å². The number of nitrogens with zero attached hydrogens (tertiary/aromatic N) is 1. The van der Waals surface area contributed by atoms with Crippen LogP contribution in [-0.2, 0) is 11.3 Å². The van der Waals surface area contributed by atoms with Crippen molar-refractivity contribution in [3.05, 3.63) is 42.2 Å². The van der Waals surface area contributed by atoms with Gasteiger partial charge >= 0.3 is 5.97 Å². The first-order valence-corrected chi connectivity index (χ1v) is 4.69. The van der Waals surface area contributed by atoms with Crippen LogP contribution in [0.3, 0.4) is 0 Å². The average Bonchev–Trinajstić information content (AvgIpc) is 2.27. The number of aromatic carboxylic acids is 1. The Morgan fingerprint density at radius 1 is 1.50 bits per heavy atom. The van der Waals surface area contributed by atoms with Crippen LogP contribution in [0.25, 0.3) is 0 Å². The number of carboxylic acid groups (broad SMARTS) is 1. The summed E-state index contributed by atoms with van der Waals surface area (Å²) in [5, 5.41) is 11.3. The van der Waals surface area contributed by atoms with Crippen LogP contribution in [-0.4, -0.2) is 22.0 Å². The summed E-state index contributed by atoms with van der Waals surface area (Å²) >= 11 is 0. The number of nitrogens with one attached hydrogen (secondary N) is 1. The minimum atomic E-state index is -1.07. The topological polar surface area (TPSA) is 79.3 Å². The van der Waals surface area contributed by atoms with Crippen molar-refractivity contribution in [2.45, 2.75) is 13.0 Å². The summed E-state index contributed by atoms with van der Waals surface area (Å²) in [6.45, 7) is 3.78. The molecule has 0 spiro atoms. The molecule has 0 aliphatic heterocycles. The summed E-state index contributed by atoms with van der Waals surface area (Å²) in [7, 11) is 0. The molecule has 1 rings (SSSR count). The largest absolute Gasteiger partial charge is 0.477 e. The van der Waals surface area contributed by atoms with Gasteiger partial charge in [-0.3, -0.25) is 4.79 Å². The second-order valence-electron chi connectivity index (χ2n) is 3.13. The van der Waals surface area contributed by atoms with E-state index < -0.39 is 5.97 Å². The van der Waals surface area contributed by atoms with E-state index in [1.54, 1.807) is 6.07 Å². The molecule has 0 saturated heterocycles. The Bertz CT molecular complexity index is 398. The van der Waals surface area contributed by atoms with Gasteiger partial charge in [0.05, 0.1) is 0 Å². The molecule has 16 heavy (non-hydrogen) atoms. The highest BCUT2D eigenvalue weighted by atomic mass is 16.4. The van der Waals surface area contributed by atoms with Crippen molar-refractivity contribution in [2.75, 3.05) is 0 Å². The number of aromatic nitrogens is 1. The molecule has 1 aromatic heterocycles. The highest BCUT2D eigenvalue weighted by Crippen LogP contribution is 2.00. The molecule has 0 aromatic carbocycles. The molecule has 0 radical (unpaired) electrons. The molecule has 0 saturated carbocycles. The Morgan fingerprint density at radius 3 is 2.75 bits per heavy atom. The van der Waals surface area contributed by atoms with E-state index >= 15 is 0 Å². The minimum absolute atomic E-state index is 0.0128. The lowest BCUT2D eigenvalue weighted by Crippen LogP contribution is -2.21. The Hall–Kier alpha value is -2.17. The standard InChI is InChI=1S/C11H12N2O3/c1-2-3-10(14)13-7-8-4-5-9(11(15)16)12-6-8/h2,4-6H,1,3,7H2,(H,13,14)(H,15,16). The van der Waals surface area contributed by atoms with Crippen LogP contribution in [0.2, 0.25) is 0 Å². The summed E-state index contributed by atoms with van der Waals surface area (Å²) in [6, 6.07) is 3.02. The molecule has 0 bridgehead atoms. The fraction of sp³-hybridized carbons (Fsp3) is 0.182. The maximum Gasteiger partial charge on any atom is 0.354 e. The molecule has 5 nitrogen and oxygen atoms in total. The fourth-order valence-electron chi connectivity index (χ4n) is 1.06. The number of rotatable bonds is 5. The maximum absolute atomic E-state index is 11.1. The number of amides is 1. The van der Waals surface area contributed by atoms with Gasteiger partial charge in [-0.25, -0.2) is 9.78 Å². The van der Waals surface area contributed by atoms with Gasteiger partial charge in [-0.2, -0.15) is 0 Å². The van der Waals surface area contributed by atoms with E-state index in [4.69, 9.17) is 5.11 Å². The summed E-state index contributed by atoms with van der Waals surface area (Å²) in [4.78, 5) is 25.3. The van der Waals surface area contributed by atoms with E-state index in [0.717, 1.165) is 5.56 Å². The van der Waals surface area contributed by atoms with Crippen LogP contribution in [0.4, 0.5) is 0 Å². The first-order chi connectivity index (χ1) is 7.63. The maximum atomic E-state index is 11.1. The molecular weight excluding hydrogens is 208 g/mol. The van der Waals surface area contributed by atoms with E-state index in [0.29, 0.717) is 6.54 Å². The van der Waals surface area contributed by atoms with Crippen LogP contribution in [0.5, 0.6) is 0 Å². The zero-order chi connectivity index (χ0) is 12.0. The smallest absolute Gasteiger partial charge is 0.354 e. The van der Waals surface area contributed by atoms with E-state index in [9.17, 15) is 9.59 Å². The summed E-state index contributed by atoms with van der Waals surface area (Å²) in [6.07, 6.45) is 3.21. The Kier molecular flexibility index (Phi) is 4.20. The van der Waals surface area contributed by atoms with Gasteiger partial charge in [0.1, 0.15) is 5.69 Å². The van der Waals surface area contributed by atoms with Crippen molar-refractivity contribution >= 4 is 11.9 Å². The predicted octanol–water partition coefficient (Wildman–Crippen LogP) is 0.972. The van der Waals surface area contributed by atoms with E-state index in [1.807, 2.05) is 0 Å². The van der Waals surface area contributed by atoms with Gasteiger partial charge in [0.2, 0.25) is 5.91 Å². The normalized spacial score (nSPS) is 9.50. The molecule has 1 aromatic rings. The van der Waals surface area contributed by atoms with Crippen LogP contribution in [0, 0.1) is 0 Å². The SMILES string of the molecule is C=CCC(=O)NCc1ccc(C(=O)O)nc1. The number of carbonyl (C=O) groups is 2. The fourth-order valence-corrected chi connectivity index (χ4v) is 1.06. The number of carboxylic acids is 1. The molecule has 0 aliphatic carbocycles. The van der Waals surface area contributed by atoms with Crippen LogP contribution in [0.1, 0.15) is 22.5 Å². The van der Waals surface area contributed by atoms with Gasteiger partial charge in [-0.15, -0.1) is 6.58 Å². The highest BCUT2D eigenvalue weighted by molar-refractivity contribution is 5.85. The number of carbonyl (C=O) groups excluding carboxylic acids is 1. The number of pyridine rings is 1. The first kappa shape index (κ1) is 11.9. The van der Waals surface area contributed by atoms with Crippen LogP contribution in [0.15, 0.2) is 31.0 Å². The quantitative estimate of drug-likeness (QED) is 0.725. The molecule has 84 valence electrons. The second-order valence-corrected chi connectivity index (χ2v) is 3.13. The Balaban J connectivity index is 2.52. The molecule has 1 heterocycles. The predicted molar refractivity (Wildman–Crippen MR) is 57.9 cm³/mol. The lowest BCUT2D eigenvalue weighted by molar-refractivity contribution is -0.120. The summed E-state index contributed by atoms with van der Waals surface area (Å²) in [5.41, 5.74) is 0.739. The van der Waals surface area contributed by atoms with E-state index in [2.05, 4.69) is 16.9 Å². The van der Waals surface area contributed by atoms with Gasteiger partial charge in [0.25, 0.3) is 0 Å². The third-order valence-electron chi connectivity index (χ3n) is 1.86. The Morgan fingerprint density at radius 2 is 2.25 bits per heavy atom. The van der Waals surface area contributed by atoms with E-state index in [-0.39, 0.29) is 18.0 Å². The van der Waals surface area contributed by atoms with Crippen molar-refractivity contribution in [1.29, 1.82) is 0 Å². The van der Waals surface area contributed by atoms with Gasteiger partial charge in [0, 0.05) is 19.2 Å². The first-order valence-electron chi connectivity index (χ1n) is 4.69. The summed E-state index contributed by atoms with van der Waals surface area (Å²) in [5.74, 6) is -1.19. The Labute approximate surface area is 92.8 Å². The zero-order valence-electron chi connectivity index (χ0n) is 8.64. The molecule has 0 fully saturated rings. The molecule has 0 atom stereocenters. The van der Waals surface area contributed by atoms with Crippen molar-refractivity contribution in [2.24, 2.45) is 0 Å². The zero-order valence-corrected chi connectivity index (χ0v) is 8.64. The van der Waals surface area contributed by atoms with Gasteiger partial charge < -0.3 is 10.4 Å². The molecule has 2 N–H and O–H groups in total. The van der Waals surface area contributed by atoms with E-state index in [1.165, 1.54) is 18.3 Å².